The highest BCUT2D eigenvalue weighted by molar-refractivity contribution is 9.10. The van der Waals surface area contributed by atoms with Crippen molar-refractivity contribution in [3.8, 4) is 0 Å². The second kappa shape index (κ2) is 6.91. The highest BCUT2D eigenvalue weighted by Gasteiger charge is 2.07. The fraction of sp³-hybridized carbons (Fsp3) is 0.133. The molecule has 1 amide bonds. The zero-order valence-corrected chi connectivity index (χ0v) is 13.6. The number of hydrogen-bond acceptors (Lipinski definition) is 2. The smallest absolute Gasteiger partial charge is 0.243 e. The standard InChI is InChI=1S/C15H13BrClFN2O/c1-9-2-4-13(11(16)6-9)20-15(21)8-19-14-5-3-10(18)7-12(14)17/h2-7,19H,8H2,1H3,(H,20,21). The quantitative estimate of drug-likeness (QED) is 0.824. The molecule has 0 bridgehead atoms. The van der Waals surface area contributed by atoms with Gasteiger partial charge in [-0.2, -0.15) is 0 Å². The number of nitrogens with one attached hydrogen (secondary N) is 2. The lowest BCUT2D eigenvalue weighted by molar-refractivity contribution is -0.114. The summed E-state index contributed by atoms with van der Waals surface area (Å²) in [6, 6.07) is 9.61. The number of rotatable bonds is 4. The minimum Gasteiger partial charge on any atom is -0.375 e. The minimum absolute atomic E-state index is 0.0334. The lowest BCUT2D eigenvalue weighted by atomic mass is 10.2. The van der Waals surface area contributed by atoms with E-state index >= 15 is 0 Å². The summed E-state index contributed by atoms with van der Waals surface area (Å²) in [5, 5.41) is 5.87. The largest absolute Gasteiger partial charge is 0.375 e. The van der Waals surface area contributed by atoms with Gasteiger partial charge in [0.15, 0.2) is 0 Å². The van der Waals surface area contributed by atoms with Crippen molar-refractivity contribution in [1.82, 2.24) is 0 Å². The van der Waals surface area contributed by atoms with Crippen LogP contribution in [0.2, 0.25) is 5.02 Å². The normalized spacial score (nSPS) is 10.3. The van der Waals surface area contributed by atoms with Gasteiger partial charge in [-0.1, -0.05) is 17.7 Å². The highest BCUT2D eigenvalue weighted by atomic mass is 79.9. The molecule has 2 aromatic carbocycles. The van der Waals surface area contributed by atoms with E-state index in [1.807, 2.05) is 25.1 Å². The third kappa shape index (κ3) is 4.44. The van der Waals surface area contributed by atoms with Gasteiger partial charge in [-0.05, 0) is 58.7 Å². The Kier molecular flexibility index (Phi) is 5.20. The number of amides is 1. The zero-order chi connectivity index (χ0) is 15.4. The summed E-state index contributed by atoms with van der Waals surface area (Å²) in [5.74, 6) is -0.640. The van der Waals surface area contributed by atoms with Gasteiger partial charge < -0.3 is 10.6 Å². The van der Waals surface area contributed by atoms with Crippen LogP contribution in [0.1, 0.15) is 5.56 Å². The van der Waals surface area contributed by atoms with Crippen LogP contribution in [0.5, 0.6) is 0 Å². The molecule has 0 aliphatic carbocycles. The first-order valence-electron chi connectivity index (χ1n) is 6.20. The van der Waals surface area contributed by atoms with E-state index in [1.165, 1.54) is 18.2 Å². The Morgan fingerprint density at radius 3 is 2.62 bits per heavy atom. The molecule has 0 aliphatic rings. The van der Waals surface area contributed by atoms with Gasteiger partial charge in [0, 0.05) is 4.47 Å². The van der Waals surface area contributed by atoms with Crippen molar-refractivity contribution >= 4 is 44.8 Å². The predicted octanol–water partition coefficient (Wildman–Crippen LogP) is 4.60. The lowest BCUT2D eigenvalue weighted by Gasteiger charge is -2.10. The first-order valence-corrected chi connectivity index (χ1v) is 7.38. The van der Waals surface area contributed by atoms with Crippen LogP contribution in [0.15, 0.2) is 40.9 Å². The molecule has 0 fully saturated rings. The first-order chi connectivity index (χ1) is 9.95. The molecule has 2 aromatic rings. The molecule has 0 unspecified atom stereocenters. The minimum atomic E-state index is -0.418. The molecule has 2 N–H and O–H groups in total. The third-order valence-electron chi connectivity index (χ3n) is 2.77. The van der Waals surface area contributed by atoms with Crippen LogP contribution in [0, 0.1) is 12.7 Å². The molecular formula is C15H13BrClFN2O. The SMILES string of the molecule is Cc1ccc(NC(=O)CNc2ccc(F)cc2Cl)c(Br)c1. The Labute approximate surface area is 135 Å². The van der Waals surface area contributed by atoms with Gasteiger partial charge in [0.05, 0.1) is 22.9 Å². The fourth-order valence-electron chi connectivity index (χ4n) is 1.72. The molecule has 3 nitrogen and oxygen atoms in total. The highest BCUT2D eigenvalue weighted by Crippen LogP contribution is 2.24. The summed E-state index contributed by atoms with van der Waals surface area (Å²) in [5.41, 5.74) is 2.30. The summed E-state index contributed by atoms with van der Waals surface area (Å²) in [6.45, 7) is 2.00. The number of aryl methyl sites for hydroxylation is 1. The Morgan fingerprint density at radius 1 is 1.24 bits per heavy atom. The molecule has 0 radical (unpaired) electrons. The summed E-state index contributed by atoms with van der Waals surface area (Å²) >= 11 is 9.27. The van der Waals surface area contributed by atoms with E-state index in [-0.39, 0.29) is 17.5 Å². The zero-order valence-electron chi connectivity index (χ0n) is 11.2. The molecule has 0 spiro atoms. The van der Waals surface area contributed by atoms with Crippen molar-refractivity contribution in [3.05, 3.63) is 57.3 Å². The number of benzene rings is 2. The van der Waals surface area contributed by atoms with E-state index in [9.17, 15) is 9.18 Å². The first kappa shape index (κ1) is 15.8. The molecule has 0 heterocycles. The van der Waals surface area contributed by atoms with Crippen LogP contribution in [-0.2, 0) is 4.79 Å². The second-order valence-corrected chi connectivity index (χ2v) is 5.77. The average molecular weight is 372 g/mol. The van der Waals surface area contributed by atoms with Crippen LogP contribution in [0.25, 0.3) is 0 Å². The molecule has 0 saturated carbocycles. The third-order valence-corrected chi connectivity index (χ3v) is 3.74. The van der Waals surface area contributed by atoms with Gasteiger partial charge in [0.2, 0.25) is 5.91 Å². The van der Waals surface area contributed by atoms with Gasteiger partial charge >= 0.3 is 0 Å². The van der Waals surface area contributed by atoms with Gasteiger partial charge in [0.25, 0.3) is 0 Å². The molecular weight excluding hydrogens is 359 g/mol. The Morgan fingerprint density at radius 2 is 1.95 bits per heavy atom. The number of halogens is 3. The van der Waals surface area contributed by atoms with E-state index in [1.54, 1.807) is 0 Å². The van der Waals surface area contributed by atoms with Crippen LogP contribution in [-0.4, -0.2) is 12.5 Å². The number of hydrogen-bond donors (Lipinski definition) is 2. The molecule has 110 valence electrons. The second-order valence-electron chi connectivity index (χ2n) is 4.51. The summed E-state index contributed by atoms with van der Waals surface area (Å²) < 4.78 is 13.7. The van der Waals surface area contributed by atoms with Crippen molar-refractivity contribution in [2.24, 2.45) is 0 Å². The lowest BCUT2D eigenvalue weighted by Crippen LogP contribution is -2.22. The summed E-state index contributed by atoms with van der Waals surface area (Å²) in [4.78, 5) is 11.9. The molecule has 0 saturated heterocycles. The summed E-state index contributed by atoms with van der Waals surface area (Å²) in [7, 11) is 0. The summed E-state index contributed by atoms with van der Waals surface area (Å²) in [6.07, 6.45) is 0. The average Bonchev–Trinajstić information content (AvgIpc) is 2.41. The van der Waals surface area contributed by atoms with Crippen LogP contribution >= 0.6 is 27.5 Å². The fourth-order valence-corrected chi connectivity index (χ4v) is 2.55. The topological polar surface area (TPSA) is 41.1 Å². The maximum absolute atomic E-state index is 12.9. The molecule has 0 aliphatic heterocycles. The number of anilines is 2. The van der Waals surface area contributed by atoms with Crippen molar-refractivity contribution in [1.29, 1.82) is 0 Å². The Balaban J connectivity index is 1.96. The van der Waals surface area contributed by atoms with Crippen LogP contribution < -0.4 is 10.6 Å². The molecule has 21 heavy (non-hydrogen) atoms. The molecule has 6 heteroatoms. The Hall–Kier alpha value is -1.59. The maximum Gasteiger partial charge on any atom is 0.243 e. The van der Waals surface area contributed by atoms with Crippen molar-refractivity contribution in [2.75, 3.05) is 17.2 Å². The van der Waals surface area contributed by atoms with E-state index in [4.69, 9.17) is 11.6 Å². The number of carbonyl (C=O) groups is 1. The maximum atomic E-state index is 12.9. The molecule has 0 aromatic heterocycles. The molecule has 0 atom stereocenters. The van der Waals surface area contributed by atoms with Crippen molar-refractivity contribution in [3.63, 3.8) is 0 Å². The van der Waals surface area contributed by atoms with E-state index < -0.39 is 5.82 Å². The van der Waals surface area contributed by atoms with Gasteiger partial charge in [-0.15, -0.1) is 0 Å². The van der Waals surface area contributed by atoms with Crippen LogP contribution in [0.3, 0.4) is 0 Å². The van der Waals surface area contributed by atoms with E-state index in [0.29, 0.717) is 11.4 Å². The Bertz CT molecular complexity index is 679. The van der Waals surface area contributed by atoms with E-state index in [0.717, 1.165) is 10.0 Å². The van der Waals surface area contributed by atoms with Gasteiger partial charge in [-0.25, -0.2) is 4.39 Å². The van der Waals surface area contributed by atoms with Crippen molar-refractivity contribution in [2.45, 2.75) is 6.92 Å². The van der Waals surface area contributed by atoms with E-state index in [2.05, 4.69) is 26.6 Å². The predicted molar refractivity (Wildman–Crippen MR) is 87.4 cm³/mol. The monoisotopic (exact) mass is 370 g/mol. The van der Waals surface area contributed by atoms with Crippen molar-refractivity contribution < 1.29 is 9.18 Å². The molecule has 2 rings (SSSR count). The van der Waals surface area contributed by atoms with Gasteiger partial charge in [0.1, 0.15) is 5.82 Å². The van der Waals surface area contributed by atoms with Gasteiger partial charge in [-0.3, -0.25) is 4.79 Å². The number of carbonyl (C=O) groups excluding carboxylic acids is 1. The van der Waals surface area contributed by atoms with Crippen LogP contribution in [0.4, 0.5) is 15.8 Å².